The molecular formula is C8H15O. The Morgan fingerprint density at radius 2 is 2.22 bits per heavy atom. The van der Waals surface area contributed by atoms with Crippen molar-refractivity contribution in [1.82, 2.24) is 0 Å². The van der Waals surface area contributed by atoms with Crippen LogP contribution in [-0.4, -0.2) is 13.2 Å². The topological polar surface area (TPSA) is 9.23 Å². The molecule has 1 radical (unpaired) electrons. The summed E-state index contributed by atoms with van der Waals surface area (Å²) in [5, 5.41) is 0. The zero-order valence-corrected chi connectivity index (χ0v) is 6.10. The van der Waals surface area contributed by atoms with Crippen molar-refractivity contribution >= 4 is 0 Å². The SMILES string of the molecule is [CH2]COCCC=CCC. The van der Waals surface area contributed by atoms with Gasteiger partial charge in [0.05, 0.1) is 6.61 Å². The molecule has 1 heteroatoms. The van der Waals surface area contributed by atoms with Gasteiger partial charge >= 0.3 is 0 Å². The van der Waals surface area contributed by atoms with E-state index in [-0.39, 0.29) is 0 Å². The zero-order valence-electron chi connectivity index (χ0n) is 6.10. The second-order valence-corrected chi connectivity index (χ2v) is 1.78. The quantitative estimate of drug-likeness (QED) is 0.406. The standard InChI is InChI=1S/C8H15O/c1-3-5-6-7-8-9-4-2/h5-6H,2-4,7-8H2,1H3. The summed E-state index contributed by atoms with van der Waals surface area (Å²) in [4.78, 5) is 0. The Bertz CT molecular complexity index is 67.0. The van der Waals surface area contributed by atoms with Gasteiger partial charge in [0.25, 0.3) is 0 Å². The third kappa shape index (κ3) is 7.70. The van der Waals surface area contributed by atoms with Crippen molar-refractivity contribution < 1.29 is 4.74 Å². The molecule has 53 valence electrons. The fourth-order valence-corrected chi connectivity index (χ4v) is 0.538. The van der Waals surface area contributed by atoms with Gasteiger partial charge in [-0.1, -0.05) is 19.1 Å². The van der Waals surface area contributed by atoms with Crippen molar-refractivity contribution in [3.05, 3.63) is 19.1 Å². The second-order valence-electron chi connectivity index (χ2n) is 1.78. The van der Waals surface area contributed by atoms with E-state index in [0.717, 1.165) is 19.4 Å². The van der Waals surface area contributed by atoms with Crippen molar-refractivity contribution in [2.45, 2.75) is 19.8 Å². The molecular weight excluding hydrogens is 112 g/mol. The van der Waals surface area contributed by atoms with Crippen molar-refractivity contribution in [2.24, 2.45) is 0 Å². The normalized spacial score (nSPS) is 10.9. The van der Waals surface area contributed by atoms with Crippen LogP contribution in [0.4, 0.5) is 0 Å². The van der Waals surface area contributed by atoms with E-state index in [4.69, 9.17) is 4.74 Å². The van der Waals surface area contributed by atoms with Crippen LogP contribution in [0.1, 0.15) is 19.8 Å². The number of hydrogen-bond acceptors (Lipinski definition) is 1. The zero-order chi connectivity index (χ0) is 6.95. The van der Waals surface area contributed by atoms with Gasteiger partial charge in [0.1, 0.15) is 0 Å². The molecule has 0 saturated heterocycles. The Labute approximate surface area is 57.7 Å². The third-order valence-corrected chi connectivity index (χ3v) is 0.976. The summed E-state index contributed by atoms with van der Waals surface area (Å²) >= 11 is 0. The largest absolute Gasteiger partial charge is 0.381 e. The lowest BCUT2D eigenvalue weighted by Gasteiger charge is -1.93. The molecule has 0 N–H and O–H groups in total. The number of allylic oxidation sites excluding steroid dienone is 1. The van der Waals surface area contributed by atoms with Crippen molar-refractivity contribution in [1.29, 1.82) is 0 Å². The first-order valence-corrected chi connectivity index (χ1v) is 3.43. The summed E-state index contributed by atoms with van der Waals surface area (Å²) < 4.78 is 5.02. The van der Waals surface area contributed by atoms with Crippen LogP contribution in [0.15, 0.2) is 12.2 Å². The van der Waals surface area contributed by atoms with Gasteiger partial charge in [-0.15, -0.1) is 0 Å². The first-order chi connectivity index (χ1) is 4.41. The lowest BCUT2D eigenvalue weighted by atomic mass is 10.3. The fourth-order valence-electron chi connectivity index (χ4n) is 0.538. The maximum Gasteiger partial charge on any atom is 0.0500 e. The maximum atomic E-state index is 5.02. The van der Waals surface area contributed by atoms with E-state index in [1.54, 1.807) is 0 Å². The van der Waals surface area contributed by atoms with Gasteiger partial charge in [0.15, 0.2) is 0 Å². The Hall–Kier alpha value is -0.300. The molecule has 0 aliphatic heterocycles. The molecule has 0 atom stereocenters. The molecule has 0 aromatic heterocycles. The minimum Gasteiger partial charge on any atom is -0.381 e. The summed E-state index contributed by atoms with van der Waals surface area (Å²) in [6, 6.07) is 0. The molecule has 0 bridgehead atoms. The molecule has 9 heavy (non-hydrogen) atoms. The lowest BCUT2D eigenvalue weighted by molar-refractivity contribution is 0.166. The highest BCUT2D eigenvalue weighted by Gasteiger charge is 1.77. The Morgan fingerprint density at radius 1 is 1.44 bits per heavy atom. The van der Waals surface area contributed by atoms with Crippen molar-refractivity contribution in [3.8, 4) is 0 Å². The monoisotopic (exact) mass is 127 g/mol. The van der Waals surface area contributed by atoms with E-state index in [1.165, 1.54) is 0 Å². The fraction of sp³-hybridized carbons (Fsp3) is 0.625. The molecule has 1 nitrogen and oxygen atoms in total. The van der Waals surface area contributed by atoms with Gasteiger partial charge in [-0.2, -0.15) is 0 Å². The maximum absolute atomic E-state index is 5.02. The van der Waals surface area contributed by atoms with E-state index in [0.29, 0.717) is 6.61 Å². The van der Waals surface area contributed by atoms with Gasteiger partial charge < -0.3 is 4.74 Å². The van der Waals surface area contributed by atoms with Crippen LogP contribution >= 0.6 is 0 Å². The van der Waals surface area contributed by atoms with E-state index in [2.05, 4.69) is 26.0 Å². The van der Waals surface area contributed by atoms with Crippen LogP contribution in [0.25, 0.3) is 0 Å². The van der Waals surface area contributed by atoms with Crippen LogP contribution in [0.3, 0.4) is 0 Å². The molecule has 0 aromatic rings. The van der Waals surface area contributed by atoms with E-state index < -0.39 is 0 Å². The molecule has 0 rings (SSSR count). The van der Waals surface area contributed by atoms with Gasteiger partial charge in [-0.3, -0.25) is 0 Å². The van der Waals surface area contributed by atoms with Gasteiger partial charge in [-0.25, -0.2) is 0 Å². The molecule has 0 aliphatic rings. The number of rotatable bonds is 5. The van der Waals surface area contributed by atoms with Crippen LogP contribution in [0.5, 0.6) is 0 Å². The first kappa shape index (κ1) is 8.70. The summed E-state index contributed by atoms with van der Waals surface area (Å²) in [5.41, 5.74) is 0. The van der Waals surface area contributed by atoms with Crippen LogP contribution in [0.2, 0.25) is 0 Å². The van der Waals surface area contributed by atoms with Crippen LogP contribution < -0.4 is 0 Å². The molecule has 0 aliphatic carbocycles. The average Bonchev–Trinajstić information content (AvgIpc) is 1.89. The summed E-state index contributed by atoms with van der Waals surface area (Å²) in [6.45, 7) is 7.07. The molecule has 0 fully saturated rings. The highest BCUT2D eigenvalue weighted by molar-refractivity contribution is 4.79. The molecule has 0 saturated carbocycles. The highest BCUT2D eigenvalue weighted by Crippen LogP contribution is 1.86. The molecule has 0 heterocycles. The summed E-state index contributed by atoms with van der Waals surface area (Å²) in [6.07, 6.45) is 6.41. The number of ether oxygens (including phenoxy) is 1. The van der Waals surface area contributed by atoms with Crippen LogP contribution in [0, 0.1) is 6.92 Å². The van der Waals surface area contributed by atoms with E-state index in [9.17, 15) is 0 Å². The molecule has 0 spiro atoms. The Balaban J connectivity index is 2.82. The Morgan fingerprint density at radius 3 is 2.78 bits per heavy atom. The van der Waals surface area contributed by atoms with Crippen LogP contribution in [-0.2, 0) is 4.74 Å². The number of hydrogen-bond donors (Lipinski definition) is 0. The molecule has 0 unspecified atom stereocenters. The third-order valence-electron chi connectivity index (χ3n) is 0.976. The minimum absolute atomic E-state index is 0.583. The van der Waals surface area contributed by atoms with E-state index >= 15 is 0 Å². The summed E-state index contributed by atoms with van der Waals surface area (Å²) in [7, 11) is 0. The molecule has 0 amide bonds. The first-order valence-electron chi connectivity index (χ1n) is 3.43. The highest BCUT2D eigenvalue weighted by atomic mass is 16.5. The van der Waals surface area contributed by atoms with Gasteiger partial charge in [0.2, 0.25) is 0 Å². The average molecular weight is 127 g/mol. The minimum atomic E-state index is 0.583. The van der Waals surface area contributed by atoms with Gasteiger partial charge in [-0.05, 0) is 19.8 Å². The predicted molar refractivity (Wildman–Crippen MR) is 40.2 cm³/mol. The predicted octanol–water partition coefficient (Wildman–Crippen LogP) is 2.19. The van der Waals surface area contributed by atoms with Crippen molar-refractivity contribution in [3.63, 3.8) is 0 Å². The lowest BCUT2D eigenvalue weighted by Crippen LogP contribution is -1.90. The smallest absolute Gasteiger partial charge is 0.0500 e. The van der Waals surface area contributed by atoms with Crippen molar-refractivity contribution in [2.75, 3.05) is 13.2 Å². The van der Waals surface area contributed by atoms with E-state index in [1.807, 2.05) is 0 Å². The Kier molecular flexibility index (Phi) is 7.44. The summed E-state index contributed by atoms with van der Waals surface area (Å²) in [5.74, 6) is 0. The second kappa shape index (κ2) is 7.70. The van der Waals surface area contributed by atoms with Gasteiger partial charge in [0, 0.05) is 6.61 Å². The molecule has 0 aromatic carbocycles.